The molecule has 0 fully saturated rings. The molecular weight excluding hydrogens is 274 g/mol. The van der Waals surface area contributed by atoms with Crippen molar-refractivity contribution in [1.82, 2.24) is 24.1 Å². The summed E-state index contributed by atoms with van der Waals surface area (Å²) in [5.41, 5.74) is 3.72. The average Bonchev–Trinajstić information content (AvgIpc) is 3.01. The number of hydrogen-bond donors (Lipinski definition) is 0. The lowest BCUT2D eigenvalue weighted by molar-refractivity contribution is 0.556. The van der Waals surface area contributed by atoms with Crippen LogP contribution in [0, 0.1) is 0 Å². The second-order valence-electron chi connectivity index (χ2n) is 5.68. The molecule has 0 aromatic carbocycles. The molecule has 0 unspecified atom stereocenters. The zero-order valence-corrected chi connectivity index (χ0v) is 12.4. The standard InChI is InChI=1S/C13H15N5OS/c1-13(2,3)10-4-11-14-7-17(12(19)18(11)16-10)5-9-6-20-8-15-9/h4,6-8H,5H2,1-3H3. The molecule has 0 aliphatic heterocycles. The van der Waals surface area contributed by atoms with Crippen LogP contribution in [0.1, 0.15) is 32.2 Å². The van der Waals surface area contributed by atoms with Crippen molar-refractivity contribution in [3.63, 3.8) is 0 Å². The quantitative estimate of drug-likeness (QED) is 0.720. The highest BCUT2D eigenvalue weighted by Gasteiger charge is 2.19. The predicted octanol–water partition coefficient (Wildman–Crippen LogP) is 1.69. The van der Waals surface area contributed by atoms with E-state index in [0.717, 1.165) is 11.4 Å². The third kappa shape index (κ3) is 2.24. The van der Waals surface area contributed by atoms with Crippen molar-refractivity contribution in [2.45, 2.75) is 32.7 Å². The van der Waals surface area contributed by atoms with E-state index in [0.29, 0.717) is 12.2 Å². The van der Waals surface area contributed by atoms with Crippen LogP contribution in [0.15, 0.2) is 28.1 Å². The first-order valence-electron chi connectivity index (χ1n) is 6.28. The third-order valence-corrected chi connectivity index (χ3v) is 3.67. The zero-order valence-electron chi connectivity index (χ0n) is 11.6. The van der Waals surface area contributed by atoms with E-state index < -0.39 is 0 Å². The van der Waals surface area contributed by atoms with Gasteiger partial charge in [0, 0.05) is 16.9 Å². The van der Waals surface area contributed by atoms with Crippen LogP contribution in [0.25, 0.3) is 5.65 Å². The second-order valence-corrected chi connectivity index (χ2v) is 6.40. The summed E-state index contributed by atoms with van der Waals surface area (Å²) in [6.07, 6.45) is 1.55. The van der Waals surface area contributed by atoms with E-state index in [4.69, 9.17) is 0 Å². The van der Waals surface area contributed by atoms with Crippen LogP contribution in [0.5, 0.6) is 0 Å². The Morgan fingerprint density at radius 1 is 1.30 bits per heavy atom. The molecule has 6 nitrogen and oxygen atoms in total. The molecule has 0 amide bonds. The van der Waals surface area contributed by atoms with E-state index in [2.05, 4.69) is 35.8 Å². The highest BCUT2D eigenvalue weighted by Crippen LogP contribution is 2.20. The van der Waals surface area contributed by atoms with Gasteiger partial charge in [0.2, 0.25) is 0 Å². The summed E-state index contributed by atoms with van der Waals surface area (Å²) in [6, 6.07) is 1.86. The van der Waals surface area contributed by atoms with Gasteiger partial charge < -0.3 is 0 Å². The average molecular weight is 289 g/mol. The van der Waals surface area contributed by atoms with Gasteiger partial charge in [-0.2, -0.15) is 9.61 Å². The summed E-state index contributed by atoms with van der Waals surface area (Å²) in [6.45, 7) is 6.59. The smallest absolute Gasteiger partial charge is 0.276 e. The van der Waals surface area contributed by atoms with Crippen LogP contribution in [0.3, 0.4) is 0 Å². The van der Waals surface area contributed by atoms with Gasteiger partial charge in [0.05, 0.1) is 23.4 Å². The molecule has 0 saturated heterocycles. The molecule has 3 aromatic heterocycles. The van der Waals surface area contributed by atoms with Crippen molar-refractivity contribution >= 4 is 17.0 Å². The Kier molecular flexibility index (Phi) is 2.93. The van der Waals surface area contributed by atoms with Crippen molar-refractivity contribution in [2.24, 2.45) is 0 Å². The fourth-order valence-corrected chi connectivity index (χ4v) is 2.42. The zero-order chi connectivity index (χ0) is 14.3. The highest BCUT2D eigenvalue weighted by molar-refractivity contribution is 7.07. The van der Waals surface area contributed by atoms with Gasteiger partial charge >= 0.3 is 5.69 Å². The van der Waals surface area contributed by atoms with E-state index in [-0.39, 0.29) is 11.1 Å². The van der Waals surface area contributed by atoms with Gasteiger partial charge in [0.25, 0.3) is 0 Å². The Morgan fingerprint density at radius 2 is 2.10 bits per heavy atom. The summed E-state index contributed by atoms with van der Waals surface area (Å²) in [4.78, 5) is 20.9. The largest absolute Gasteiger partial charge is 0.352 e. The van der Waals surface area contributed by atoms with E-state index in [1.165, 1.54) is 20.4 Å². The molecule has 0 N–H and O–H groups in total. The number of nitrogens with zero attached hydrogens (tertiary/aromatic N) is 5. The molecule has 0 saturated carbocycles. The minimum atomic E-state index is -0.196. The summed E-state index contributed by atoms with van der Waals surface area (Å²) in [5.74, 6) is 0. The Balaban J connectivity index is 2.09. The number of aromatic nitrogens is 5. The van der Waals surface area contributed by atoms with Crippen molar-refractivity contribution < 1.29 is 0 Å². The van der Waals surface area contributed by atoms with Crippen LogP contribution in [0.2, 0.25) is 0 Å². The van der Waals surface area contributed by atoms with E-state index in [1.54, 1.807) is 11.8 Å². The Hall–Kier alpha value is -2.02. The molecule has 0 spiro atoms. The van der Waals surface area contributed by atoms with Gasteiger partial charge in [-0.05, 0) is 0 Å². The first kappa shape index (κ1) is 13.0. The van der Waals surface area contributed by atoms with Gasteiger partial charge in [-0.15, -0.1) is 11.3 Å². The van der Waals surface area contributed by atoms with Crippen molar-refractivity contribution in [1.29, 1.82) is 0 Å². The number of rotatable bonds is 2. The third-order valence-electron chi connectivity index (χ3n) is 3.03. The molecule has 0 bridgehead atoms. The van der Waals surface area contributed by atoms with Crippen LogP contribution >= 0.6 is 11.3 Å². The van der Waals surface area contributed by atoms with Crippen LogP contribution in [-0.4, -0.2) is 24.1 Å². The Labute approximate surface area is 119 Å². The van der Waals surface area contributed by atoms with Crippen molar-refractivity contribution in [3.05, 3.63) is 45.2 Å². The summed E-state index contributed by atoms with van der Waals surface area (Å²) in [5, 5.41) is 6.29. The number of hydrogen-bond acceptors (Lipinski definition) is 5. The maximum atomic E-state index is 12.4. The molecule has 20 heavy (non-hydrogen) atoms. The van der Waals surface area contributed by atoms with E-state index >= 15 is 0 Å². The second kappa shape index (κ2) is 4.52. The Morgan fingerprint density at radius 3 is 2.75 bits per heavy atom. The maximum Gasteiger partial charge on any atom is 0.352 e. The summed E-state index contributed by atoms with van der Waals surface area (Å²) >= 11 is 1.51. The minimum Gasteiger partial charge on any atom is -0.276 e. The van der Waals surface area contributed by atoms with Gasteiger partial charge in [0.1, 0.15) is 6.33 Å². The highest BCUT2D eigenvalue weighted by atomic mass is 32.1. The first-order chi connectivity index (χ1) is 9.45. The van der Waals surface area contributed by atoms with E-state index in [9.17, 15) is 4.79 Å². The molecule has 7 heteroatoms. The molecule has 0 aliphatic rings. The fraction of sp³-hybridized carbons (Fsp3) is 0.385. The molecular formula is C13H15N5OS. The molecule has 0 radical (unpaired) electrons. The Bertz CT molecular complexity index is 794. The normalized spacial score (nSPS) is 12.2. The van der Waals surface area contributed by atoms with Gasteiger partial charge in [-0.3, -0.25) is 4.57 Å². The SMILES string of the molecule is CC(C)(C)c1cc2ncn(Cc3cscn3)c(=O)n2n1. The lowest BCUT2D eigenvalue weighted by atomic mass is 9.93. The van der Waals surface area contributed by atoms with Crippen molar-refractivity contribution in [3.8, 4) is 0 Å². The van der Waals surface area contributed by atoms with Crippen molar-refractivity contribution in [2.75, 3.05) is 0 Å². The summed E-state index contributed by atoms with van der Waals surface area (Å²) in [7, 11) is 0. The minimum absolute atomic E-state index is 0.111. The molecule has 104 valence electrons. The summed E-state index contributed by atoms with van der Waals surface area (Å²) < 4.78 is 2.87. The first-order valence-corrected chi connectivity index (χ1v) is 7.22. The van der Waals surface area contributed by atoms with Gasteiger partial charge in [-0.25, -0.2) is 14.8 Å². The lowest BCUT2D eigenvalue weighted by Gasteiger charge is -2.13. The van der Waals surface area contributed by atoms with Gasteiger partial charge in [0.15, 0.2) is 5.65 Å². The predicted molar refractivity (Wildman–Crippen MR) is 77.2 cm³/mol. The molecule has 3 rings (SSSR count). The lowest BCUT2D eigenvalue weighted by Crippen LogP contribution is -2.28. The molecule has 0 atom stereocenters. The topological polar surface area (TPSA) is 65.1 Å². The molecule has 3 heterocycles. The maximum absolute atomic E-state index is 12.4. The van der Waals surface area contributed by atoms with Crippen LogP contribution in [-0.2, 0) is 12.0 Å². The molecule has 3 aromatic rings. The molecule has 0 aliphatic carbocycles. The monoisotopic (exact) mass is 289 g/mol. The fourth-order valence-electron chi connectivity index (χ4n) is 1.87. The number of fused-ring (bicyclic) bond motifs is 1. The van der Waals surface area contributed by atoms with Crippen LogP contribution in [0.4, 0.5) is 0 Å². The van der Waals surface area contributed by atoms with Crippen LogP contribution < -0.4 is 5.69 Å². The van der Waals surface area contributed by atoms with Gasteiger partial charge in [-0.1, -0.05) is 20.8 Å². The number of thiazole rings is 1. The van der Waals surface area contributed by atoms with E-state index in [1.807, 2.05) is 11.4 Å².